The van der Waals surface area contributed by atoms with Crippen LogP contribution in [0.2, 0.25) is 0 Å². The van der Waals surface area contributed by atoms with Crippen molar-refractivity contribution in [3.05, 3.63) is 53.7 Å². The van der Waals surface area contributed by atoms with Gasteiger partial charge in [-0.05, 0) is 62.1 Å². The molecule has 2 atom stereocenters. The molecule has 2 aliphatic rings. The van der Waals surface area contributed by atoms with Crippen LogP contribution in [0.4, 0.5) is 14.6 Å². The van der Waals surface area contributed by atoms with Crippen LogP contribution in [0.3, 0.4) is 0 Å². The molecule has 1 aromatic carbocycles. The minimum Gasteiger partial charge on any atom is -0.505 e. The number of sulfonamides is 1. The molecule has 2 heterocycles. The van der Waals surface area contributed by atoms with E-state index in [1.54, 1.807) is 17.0 Å². The second kappa shape index (κ2) is 10.5. The topological polar surface area (TPSA) is 91.8 Å². The third kappa shape index (κ3) is 6.03. The molecule has 1 aliphatic heterocycles. The number of rotatable bonds is 7. The summed E-state index contributed by atoms with van der Waals surface area (Å²) in [7, 11) is -3.49. The van der Waals surface area contributed by atoms with E-state index in [9.17, 15) is 22.3 Å². The first-order chi connectivity index (χ1) is 16.2. The molecule has 4 rings (SSSR count). The summed E-state index contributed by atoms with van der Waals surface area (Å²) in [5, 5.41) is 9.83. The number of piperidine rings is 1. The zero-order valence-corrected chi connectivity index (χ0v) is 20.0. The van der Waals surface area contributed by atoms with E-state index >= 15 is 0 Å². The molecule has 2 aromatic rings. The number of anilines is 1. The average molecular weight is 496 g/mol. The Balaban J connectivity index is 1.45. The van der Waals surface area contributed by atoms with Crippen molar-refractivity contribution in [1.82, 2.24) is 9.71 Å². The summed E-state index contributed by atoms with van der Waals surface area (Å²) < 4.78 is 61.1. The summed E-state index contributed by atoms with van der Waals surface area (Å²) in [6.07, 6.45) is 6.98. The molecule has 0 bridgehead atoms. The van der Waals surface area contributed by atoms with E-state index in [0.717, 1.165) is 37.5 Å². The molecular weight excluding hydrogens is 464 g/mol. The molecule has 1 aromatic heterocycles. The number of nitrogens with one attached hydrogen (secondary N) is 1. The van der Waals surface area contributed by atoms with Crippen LogP contribution in [0.15, 0.2) is 36.5 Å². The van der Waals surface area contributed by atoms with Crippen molar-refractivity contribution in [2.75, 3.05) is 24.3 Å². The second-order valence-electron chi connectivity index (χ2n) is 9.23. The van der Waals surface area contributed by atoms with Crippen molar-refractivity contribution in [3.63, 3.8) is 0 Å². The smallest absolute Gasteiger partial charge is 0.209 e. The van der Waals surface area contributed by atoms with Crippen LogP contribution in [0, 0.1) is 11.6 Å². The molecular formula is C24H31F2N3O4S. The first-order valence-electron chi connectivity index (χ1n) is 11.7. The molecule has 0 radical (unpaired) electrons. The van der Waals surface area contributed by atoms with E-state index in [4.69, 9.17) is 4.74 Å². The van der Waals surface area contributed by atoms with Crippen LogP contribution in [-0.2, 0) is 14.8 Å². The molecule has 0 spiro atoms. The number of hydrogen-bond acceptors (Lipinski definition) is 6. The minimum absolute atomic E-state index is 0.0107. The SMILES string of the molecule is CS(=O)(=O)N[C@H]1CCCN(c2nccc(O)c2F)[C@H]1CO[C@H]1CC[C@@H](c2cccc(F)c2)CC1. The van der Waals surface area contributed by atoms with Gasteiger partial charge in [-0.1, -0.05) is 12.1 Å². The number of hydrogen-bond donors (Lipinski definition) is 2. The Hall–Kier alpha value is -2.30. The highest BCUT2D eigenvalue weighted by atomic mass is 32.2. The molecule has 0 amide bonds. The second-order valence-corrected chi connectivity index (χ2v) is 11.0. The Morgan fingerprint density at radius 1 is 1.18 bits per heavy atom. The van der Waals surface area contributed by atoms with Crippen molar-refractivity contribution in [2.45, 2.75) is 62.6 Å². The van der Waals surface area contributed by atoms with E-state index in [1.165, 1.54) is 18.3 Å². The molecule has 10 heteroatoms. The average Bonchev–Trinajstić information content (AvgIpc) is 2.79. The van der Waals surface area contributed by atoms with Crippen molar-refractivity contribution in [1.29, 1.82) is 0 Å². The number of ether oxygens (including phenoxy) is 1. The minimum atomic E-state index is -3.49. The molecule has 7 nitrogen and oxygen atoms in total. The van der Waals surface area contributed by atoms with Crippen LogP contribution in [0.25, 0.3) is 0 Å². The van der Waals surface area contributed by atoms with E-state index in [2.05, 4.69) is 9.71 Å². The molecule has 1 saturated carbocycles. The lowest BCUT2D eigenvalue weighted by atomic mass is 9.82. The first kappa shape index (κ1) is 24.8. The number of benzene rings is 1. The lowest BCUT2D eigenvalue weighted by molar-refractivity contribution is 0.0100. The fraction of sp³-hybridized carbons (Fsp3) is 0.542. The Bertz CT molecular complexity index is 1090. The van der Waals surface area contributed by atoms with E-state index in [0.29, 0.717) is 19.4 Å². The van der Waals surface area contributed by atoms with Crippen LogP contribution < -0.4 is 9.62 Å². The summed E-state index contributed by atoms with van der Waals surface area (Å²) in [4.78, 5) is 5.81. The fourth-order valence-electron chi connectivity index (χ4n) is 5.12. The van der Waals surface area contributed by atoms with Gasteiger partial charge in [0, 0.05) is 24.8 Å². The van der Waals surface area contributed by atoms with Gasteiger partial charge in [0.1, 0.15) is 5.82 Å². The molecule has 2 fully saturated rings. The number of nitrogens with zero attached hydrogens (tertiary/aromatic N) is 2. The van der Waals surface area contributed by atoms with E-state index < -0.39 is 33.7 Å². The Morgan fingerprint density at radius 2 is 1.94 bits per heavy atom. The first-order valence-corrected chi connectivity index (χ1v) is 13.5. The van der Waals surface area contributed by atoms with Crippen molar-refractivity contribution >= 4 is 15.8 Å². The van der Waals surface area contributed by atoms with Gasteiger partial charge in [-0.2, -0.15) is 4.39 Å². The van der Waals surface area contributed by atoms with Gasteiger partial charge in [0.2, 0.25) is 15.8 Å². The van der Waals surface area contributed by atoms with E-state index in [-0.39, 0.29) is 30.3 Å². The maximum atomic E-state index is 14.7. The highest BCUT2D eigenvalue weighted by molar-refractivity contribution is 7.88. The zero-order valence-electron chi connectivity index (χ0n) is 19.2. The van der Waals surface area contributed by atoms with Crippen LogP contribution in [-0.4, -0.2) is 56.1 Å². The third-order valence-electron chi connectivity index (χ3n) is 6.76. The lowest BCUT2D eigenvalue weighted by Gasteiger charge is -2.42. The largest absolute Gasteiger partial charge is 0.505 e. The van der Waals surface area contributed by atoms with Gasteiger partial charge in [0.25, 0.3) is 0 Å². The van der Waals surface area contributed by atoms with Crippen molar-refractivity contribution in [2.24, 2.45) is 0 Å². The van der Waals surface area contributed by atoms with Gasteiger partial charge >= 0.3 is 0 Å². The monoisotopic (exact) mass is 495 g/mol. The summed E-state index contributed by atoms with van der Waals surface area (Å²) >= 11 is 0. The Labute approximate surface area is 199 Å². The van der Waals surface area contributed by atoms with Gasteiger partial charge in [-0.3, -0.25) is 0 Å². The normalized spacial score (nSPS) is 25.9. The van der Waals surface area contributed by atoms with Gasteiger partial charge in [-0.15, -0.1) is 0 Å². The Morgan fingerprint density at radius 3 is 2.65 bits per heavy atom. The number of pyridine rings is 1. The molecule has 0 unspecified atom stereocenters. The number of aromatic nitrogens is 1. The summed E-state index contributed by atoms with van der Waals surface area (Å²) in [5.74, 6) is -1.29. The molecule has 34 heavy (non-hydrogen) atoms. The predicted molar refractivity (Wildman–Crippen MR) is 125 cm³/mol. The van der Waals surface area contributed by atoms with E-state index in [1.807, 2.05) is 6.07 Å². The Kier molecular flexibility index (Phi) is 7.69. The third-order valence-corrected chi connectivity index (χ3v) is 7.49. The van der Waals surface area contributed by atoms with Crippen LogP contribution >= 0.6 is 0 Å². The molecule has 1 aliphatic carbocycles. The maximum Gasteiger partial charge on any atom is 0.209 e. The molecule has 2 N–H and O–H groups in total. The van der Waals surface area contributed by atoms with Crippen molar-refractivity contribution in [3.8, 4) is 5.75 Å². The summed E-state index contributed by atoms with van der Waals surface area (Å²) in [5.41, 5.74) is 1.000. The van der Waals surface area contributed by atoms with Crippen LogP contribution in [0.1, 0.15) is 50.0 Å². The molecule has 1 saturated heterocycles. The zero-order chi connectivity index (χ0) is 24.3. The standard InChI is InChI=1S/C24H31F2N3O4S/c1-34(31,32)28-20-6-3-13-29(24-23(26)22(30)11-12-27-24)21(20)15-33-19-9-7-16(8-10-19)17-4-2-5-18(25)14-17/h2,4-5,11-12,14,16,19-21,28H,3,6-10,13,15H2,1H3,(H,27,30)/t16-,19+,20-,21-/m0/s1. The summed E-state index contributed by atoms with van der Waals surface area (Å²) in [6.45, 7) is 0.662. The number of halogens is 2. The predicted octanol–water partition coefficient (Wildman–Crippen LogP) is 3.70. The highest BCUT2D eigenvalue weighted by Crippen LogP contribution is 2.35. The lowest BCUT2D eigenvalue weighted by Crippen LogP contribution is -2.58. The number of aromatic hydroxyl groups is 1. The summed E-state index contributed by atoms with van der Waals surface area (Å²) in [6, 6.07) is 6.94. The highest BCUT2D eigenvalue weighted by Gasteiger charge is 2.36. The van der Waals surface area contributed by atoms with Gasteiger partial charge < -0.3 is 14.7 Å². The quantitative estimate of drug-likeness (QED) is 0.609. The molecule has 186 valence electrons. The van der Waals surface area contributed by atoms with Crippen LogP contribution in [0.5, 0.6) is 5.75 Å². The van der Waals surface area contributed by atoms with Gasteiger partial charge in [0.05, 0.1) is 25.0 Å². The van der Waals surface area contributed by atoms with Crippen molar-refractivity contribution < 1.29 is 27.0 Å². The maximum absolute atomic E-state index is 14.7. The fourth-order valence-corrected chi connectivity index (χ4v) is 5.94. The van der Waals surface area contributed by atoms with Gasteiger partial charge in [0.15, 0.2) is 11.6 Å². The van der Waals surface area contributed by atoms with Gasteiger partial charge in [-0.25, -0.2) is 22.5 Å².